The number of para-hydroxylation sites is 3. The second kappa shape index (κ2) is 19.1. The number of hydrogen-bond acceptors (Lipinski definition) is 1. The van der Waals surface area contributed by atoms with E-state index in [-0.39, 0.29) is 28.4 Å². The molecule has 3 aromatic heterocycles. The molecule has 96 heavy (non-hydrogen) atoms. The summed E-state index contributed by atoms with van der Waals surface area (Å²) >= 11 is 0. The number of fused-ring (bicyclic) bond motifs is 24. The average molecular weight is 1240 g/mol. The van der Waals surface area contributed by atoms with Crippen molar-refractivity contribution in [3.8, 4) is 39.3 Å². The third kappa shape index (κ3) is 7.52. The Hall–Kier alpha value is -10.1. The number of nitrogens with zero attached hydrogens (tertiary/aromatic N) is 4. The lowest BCUT2D eigenvalue weighted by atomic mass is 9.33. The predicted molar refractivity (Wildman–Crippen MR) is 409 cm³/mol. The van der Waals surface area contributed by atoms with E-state index in [1.165, 1.54) is 182 Å². The number of anilines is 3. The fraction of sp³-hybridized carbons (Fsp3) is 0.209. The first-order chi connectivity index (χ1) is 46.0. The molecule has 0 fully saturated rings. The molecule has 4 nitrogen and oxygen atoms in total. The zero-order chi connectivity index (χ0) is 65.8. The first kappa shape index (κ1) is 57.4. The molecule has 15 aromatic rings. The number of aryl methyl sites for hydroxylation is 2. The molecule has 0 atom stereocenters. The van der Waals surface area contributed by atoms with Gasteiger partial charge in [0.05, 0.1) is 44.2 Å². The van der Waals surface area contributed by atoms with Crippen molar-refractivity contribution in [1.29, 1.82) is 0 Å². The number of aromatic nitrogens is 3. The van der Waals surface area contributed by atoms with Gasteiger partial charge in [-0.25, -0.2) is 0 Å². The fourth-order valence-electron chi connectivity index (χ4n) is 18.2. The van der Waals surface area contributed by atoms with Crippen LogP contribution >= 0.6 is 0 Å². The van der Waals surface area contributed by atoms with E-state index in [1.54, 1.807) is 0 Å². The molecular formula is C91H79BN4. The summed E-state index contributed by atoms with van der Waals surface area (Å²) in [5.41, 5.74) is 36.2. The number of benzene rings is 12. The van der Waals surface area contributed by atoms with E-state index in [0.29, 0.717) is 0 Å². The smallest absolute Gasteiger partial charge is 0.252 e. The van der Waals surface area contributed by atoms with Crippen LogP contribution in [0.1, 0.15) is 139 Å². The van der Waals surface area contributed by atoms with Gasteiger partial charge in [0.25, 0.3) is 6.71 Å². The molecular weight excluding hydrogens is 1160 g/mol. The van der Waals surface area contributed by atoms with Crippen LogP contribution in [0.2, 0.25) is 0 Å². The van der Waals surface area contributed by atoms with Crippen LogP contribution in [0.25, 0.3) is 105 Å². The molecule has 4 aliphatic rings. The maximum Gasteiger partial charge on any atom is 0.252 e. The molecule has 5 heterocycles. The van der Waals surface area contributed by atoms with Crippen LogP contribution in [0.3, 0.4) is 0 Å². The molecule has 0 N–H and O–H groups in total. The standard InChI is InChI=1S/C91H79BN4/c1-52-40-54(87(3,4)5)45-67-68-46-55(88(6,7)8)41-53(2)84(68)95(83(52)67)60-47-79-82-80(48-60)96-77-39-27-22-34-65(77)81-85-69(64-33-21-26-38-76(64)94(85)59-43-56(89(9,10)11)42-57(44-59)90(12,13)14)50-75(86(81)96)92(82)74-49-66-63-32-20-25-37-72(63)91(73(66)51-78(74)93(79)58-28-16-15-17-29-58)70-35-23-18-30-61(70)62-31-19-24-36-71(62)91/h15-51H,1-14H3. The van der Waals surface area contributed by atoms with Gasteiger partial charge in [-0.1, -0.05) is 241 Å². The minimum atomic E-state index is -0.552. The zero-order valence-electron chi connectivity index (χ0n) is 57.7. The maximum atomic E-state index is 2.72. The van der Waals surface area contributed by atoms with Gasteiger partial charge in [-0.05, 0) is 197 Å². The topological polar surface area (TPSA) is 18.0 Å². The van der Waals surface area contributed by atoms with Gasteiger partial charge in [0.15, 0.2) is 0 Å². The highest BCUT2D eigenvalue weighted by Crippen LogP contribution is 2.64. The molecule has 19 rings (SSSR count). The lowest BCUT2D eigenvalue weighted by molar-refractivity contribution is 0.568. The first-order valence-corrected chi connectivity index (χ1v) is 34.8. The fourth-order valence-corrected chi connectivity index (χ4v) is 18.2. The molecule has 466 valence electrons. The average Bonchev–Trinajstić information content (AvgIpc) is 1.48. The van der Waals surface area contributed by atoms with Crippen molar-refractivity contribution in [3.63, 3.8) is 0 Å². The summed E-state index contributed by atoms with van der Waals surface area (Å²) in [7, 11) is 0. The van der Waals surface area contributed by atoms with E-state index < -0.39 is 5.41 Å². The molecule has 5 heteroatoms. The largest absolute Gasteiger partial charge is 0.311 e. The summed E-state index contributed by atoms with van der Waals surface area (Å²) in [4.78, 5) is 2.67. The molecule has 1 spiro atoms. The molecule has 2 aliphatic carbocycles. The number of rotatable bonds is 3. The van der Waals surface area contributed by atoms with Crippen LogP contribution in [0.4, 0.5) is 17.1 Å². The third-order valence-corrected chi connectivity index (χ3v) is 22.7. The quantitative estimate of drug-likeness (QED) is 0.161. The highest BCUT2D eigenvalue weighted by molar-refractivity contribution is 7.00. The summed E-state index contributed by atoms with van der Waals surface area (Å²) in [6.07, 6.45) is 0. The zero-order valence-corrected chi connectivity index (χ0v) is 57.7. The van der Waals surface area contributed by atoms with Crippen molar-refractivity contribution in [2.75, 3.05) is 4.90 Å². The minimum absolute atomic E-state index is 0.0585. The second-order valence-electron chi connectivity index (χ2n) is 32.6. The summed E-state index contributed by atoms with van der Waals surface area (Å²) in [5, 5.41) is 7.67. The van der Waals surface area contributed by atoms with Gasteiger partial charge >= 0.3 is 0 Å². The first-order valence-electron chi connectivity index (χ1n) is 34.8. The van der Waals surface area contributed by atoms with Crippen molar-refractivity contribution in [2.45, 2.75) is 124 Å². The molecule has 2 aliphatic heterocycles. The van der Waals surface area contributed by atoms with E-state index in [4.69, 9.17) is 0 Å². The summed E-state index contributed by atoms with van der Waals surface area (Å²) in [6, 6.07) is 88.5. The minimum Gasteiger partial charge on any atom is -0.311 e. The molecule has 0 bridgehead atoms. The summed E-state index contributed by atoms with van der Waals surface area (Å²) in [6.45, 7) is 32.9. The summed E-state index contributed by atoms with van der Waals surface area (Å²) < 4.78 is 8.04. The van der Waals surface area contributed by atoms with Gasteiger partial charge in [0, 0.05) is 60.8 Å². The SMILES string of the molecule is Cc1cc(C(C)(C)C)cc2c3cc(C(C)(C)C)cc(C)c3n(-c3cc4c5c(c3)-n3c6ccccc6c6c3c(cc3c7ccccc7n(-c7cc(C(C)(C)C)cc(C(C)(C)C)c7)c36)B5c3cc5c(cc3N4c3ccccc3)C3(c4ccccc4-c4ccccc43)c3ccccc3-5)c12. The van der Waals surface area contributed by atoms with Crippen LogP contribution < -0.4 is 21.3 Å². The van der Waals surface area contributed by atoms with Crippen molar-refractivity contribution < 1.29 is 0 Å². The number of hydrogen-bond donors (Lipinski definition) is 0. The molecule has 0 saturated heterocycles. The van der Waals surface area contributed by atoms with Crippen LogP contribution in [0.5, 0.6) is 0 Å². The van der Waals surface area contributed by atoms with Gasteiger partial charge in [0.2, 0.25) is 0 Å². The van der Waals surface area contributed by atoms with Crippen molar-refractivity contribution in [2.24, 2.45) is 0 Å². The van der Waals surface area contributed by atoms with Crippen molar-refractivity contribution in [1.82, 2.24) is 13.7 Å². The van der Waals surface area contributed by atoms with Crippen molar-refractivity contribution >= 4 is 106 Å². The van der Waals surface area contributed by atoms with Crippen LogP contribution in [-0.2, 0) is 27.1 Å². The Morgan fingerprint density at radius 1 is 0.302 bits per heavy atom. The monoisotopic (exact) mass is 1240 g/mol. The van der Waals surface area contributed by atoms with Crippen LogP contribution in [-0.4, -0.2) is 20.4 Å². The second-order valence-corrected chi connectivity index (χ2v) is 32.6. The Morgan fingerprint density at radius 2 is 0.760 bits per heavy atom. The van der Waals surface area contributed by atoms with Crippen molar-refractivity contribution in [3.05, 3.63) is 280 Å². The van der Waals surface area contributed by atoms with Crippen LogP contribution in [0.15, 0.2) is 224 Å². The van der Waals surface area contributed by atoms with Gasteiger partial charge in [0.1, 0.15) is 0 Å². The van der Waals surface area contributed by atoms with E-state index >= 15 is 0 Å². The highest BCUT2D eigenvalue weighted by Gasteiger charge is 2.54. The van der Waals surface area contributed by atoms with E-state index in [0.717, 1.165) is 11.4 Å². The van der Waals surface area contributed by atoms with Gasteiger partial charge in [-0.3, -0.25) is 0 Å². The maximum absolute atomic E-state index is 2.72. The molecule has 0 amide bonds. The van der Waals surface area contributed by atoms with Crippen LogP contribution in [0, 0.1) is 13.8 Å². The summed E-state index contributed by atoms with van der Waals surface area (Å²) in [5.74, 6) is 0. The van der Waals surface area contributed by atoms with E-state index in [2.05, 4.69) is 340 Å². The lowest BCUT2D eigenvalue weighted by Gasteiger charge is -2.42. The lowest BCUT2D eigenvalue weighted by Crippen LogP contribution is -2.60. The Labute approximate surface area is 564 Å². The van der Waals surface area contributed by atoms with Gasteiger partial charge < -0.3 is 18.6 Å². The Kier molecular flexibility index (Phi) is 11.4. The Bertz CT molecular complexity index is 5820. The van der Waals surface area contributed by atoms with Gasteiger partial charge in [-0.2, -0.15) is 0 Å². The third-order valence-electron chi connectivity index (χ3n) is 22.7. The van der Waals surface area contributed by atoms with E-state index in [9.17, 15) is 0 Å². The Balaban J connectivity index is 1.02. The van der Waals surface area contributed by atoms with Gasteiger partial charge in [-0.15, -0.1) is 0 Å². The normalized spacial score (nSPS) is 14.4. The van der Waals surface area contributed by atoms with E-state index in [1.807, 2.05) is 0 Å². The molecule has 12 aromatic carbocycles. The molecule has 0 saturated carbocycles. The Morgan fingerprint density at radius 3 is 1.32 bits per heavy atom. The molecule has 0 radical (unpaired) electrons. The predicted octanol–water partition coefficient (Wildman–Crippen LogP) is 21.7. The highest BCUT2D eigenvalue weighted by atomic mass is 15.2. The molecule has 0 unspecified atom stereocenters.